The Labute approximate surface area is 380 Å². The summed E-state index contributed by atoms with van der Waals surface area (Å²) in [5.41, 5.74) is 5.00. The van der Waals surface area contributed by atoms with Crippen molar-refractivity contribution in [3.8, 4) is 0 Å². The summed E-state index contributed by atoms with van der Waals surface area (Å²) < 4.78 is 72.4. The van der Waals surface area contributed by atoms with Gasteiger partial charge in [0, 0.05) is 54.2 Å². The zero-order chi connectivity index (χ0) is 48.7. The number of anilines is 2. The molecule has 2 saturated heterocycles. The Morgan fingerprint density at radius 2 is 1.00 bits per heavy atom. The zero-order valence-electron chi connectivity index (χ0n) is 37.7. The SMILES string of the molecule is CC(C)(C)OC(=O)N1CC(C(=O)N(Cc2ccc(C(=O)CN)cc2F)c2cccc(F)c2)C1.COC(=O)c1ccc(CN(C(=O)C2CN(C(=O)OC(C)(C)C)C2)c2cccc(F)c2)c(F)c1. The fourth-order valence-corrected chi connectivity index (χ4v) is 6.77. The van der Waals surface area contributed by atoms with Gasteiger partial charge in [-0.1, -0.05) is 30.3 Å². The number of hydrogen-bond acceptors (Lipinski definition) is 10. The number of likely N-dealkylation sites (tertiary alicyclic amines) is 2. The lowest BCUT2D eigenvalue weighted by Gasteiger charge is -2.41. The van der Waals surface area contributed by atoms with Crippen molar-refractivity contribution in [1.29, 1.82) is 0 Å². The smallest absolute Gasteiger partial charge is 0.410 e. The van der Waals surface area contributed by atoms with Crippen molar-refractivity contribution >= 4 is 47.1 Å². The van der Waals surface area contributed by atoms with E-state index in [1.165, 1.54) is 87.4 Å². The number of nitrogens with two attached hydrogens (primary N) is 1. The maximum Gasteiger partial charge on any atom is 0.410 e. The van der Waals surface area contributed by atoms with E-state index < -0.39 is 70.2 Å². The van der Waals surface area contributed by atoms with E-state index in [-0.39, 0.29) is 91.3 Å². The number of rotatable bonds is 11. The van der Waals surface area contributed by atoms with Crippen LogP contribution in [-0.4, -0.2) is 96.6 Å². The second-order valence-corrected chi connectivity index (χ2v) is 17.7. The molecule has 4 aromatic carbocycles. The highest BCUT2D eigenvalue weighted by Gasteiger charge is 2.42. The summed E-state index contributed by atoms with van der Waals surface area (Å²) in [7, 11) is 1.19. The Morgan fingerprint density at radius 3 is 1.35 bits per heavy atom. The lowest BCUT2D eigenvalue weighted by atomic mass is 9.98. The lowest BCUT2D eigenvalue weighted by Crippen LogP contribution is -2.57. The molecule has 4 amide bonds. The quantitative estimate of drug-likeness (QED) is 0.0683. The number of esters is 1. The van der Waals surface area contributed by atoms with Crippen molar-refractivity contribution in [2.24, 2.45) is 17.6 Å². The first kappa shape index (κ1) is 50.2. The van der Waals surface area contributed by atoms with E-state index in [4.69, 9.17) is 15.2 Å². The minimum atomic E-state index is -0.698. The fourth-order valence-electron chi connectivity index (χ4n) is 6.77. The molecule has 0 atom stereocenters. The molecule has 0 saturated carbocycles. The Balaban J connectivity index is 0.000000247. The average Bonchev–Trinajstić information content (AvgIpc) is 3.19. The number of Topliss-reactive ketones (excluding diaryl/α,β-unsaturated/α-hetero) is 1. The summed E-state index contributed by atoms with van der Waals surface area (Å²) in [4.78, 5) is 79.6. The highest BCUT2D eigenvalue weighted by molar-refractivity contribution is 5.99. The molecule has 2 aliphatic heterocycles. The van der Waals surface area contributed by atoms with E-state index >= 15 is 0 Å². The lowest BCUT2D eigenvalue weighted by molar-refractivity contribution is -0.128. The molecule has 352 valence electrons. The van der Waals surface area contributed by atoms with E-state index in [2.05, 4.69) is 4.74 Å². The normalized spacial score (nSPS) is 13.9. The number of ether oxygens (including phenoxy) is 3. The number of benzene rings is 4. The summed E-state index contributed by atoms with van der Waals surface area (Å²) in [5, 5.41) is 0. The molecule has 2 heterocycles. The molecule has 66 heavy (non-hydrogen) atoms. The van der Waals surface area contributed by atoms with Gasteiger partial charge in [0.2, 0.25) is 11.8 Å². The maximum absolute atomic E-state index is 14.7. The van der Waals surface area contributed by atoms with Gasteiger partial charge in [-0.05, 0) is 96.1 Å². The second kappa shape index (κ2) is 21.0. The molecule has 18 heteroatoms. The number of hydrogen-bond donors (Lipinski definition) is 1. The van der Waals surface area contributed by atoms with Gasteiger partial charge in [-0.25, -0.2) is 31.9 Å². The number of carbonyl (C=O) groups excluding carboxylic acids is 6. The fraction of sp³-hybridized carbons (Fsp3) is 0.375. The van der Waals surface area contributed by atoms with E-state index in [0.717, 1.165) is 12.1 Å². The Kier molecular flexibility index (Phi) is 16.0. The second-order valence-electron chi connectivity index (χ2n) is 17.7. The van der Waals surface area contributed by atoms with Gasteiger partial charge in [0.05, 0.1) is 44.1 Å². The molecule has 4 aromatic rings. The number of halogens is 4. The van der Waals surface area contributed by atoms with Crippen molar-refractivity contribution in [2.45, 2.75) is 65.8 Å². The zero-order valence-corrected chi connectivity index (χ0v) is 37.7. The number of nitrogens with zero attached hydrogens (tertiary/aromatic N) is 4. The van der Waals surface area contributed by atoms with Gasteiger partial charge in [0.15, 0.2) is 5.78 Å². The number of ketones is 1. The van der Waals surface area contributed by atoms with E-state index in [1.54, 1.807) is 53.7 Å². The molecule has 2 aliphatic rings. The van der Waals surface area contributed by atoms with Crippen LogP contribution in [-0.2, 0) is 36.9 Å². The van der Waals surface area contributed by atoms with Crippen LogP contribution in [0.3, 0.4) is 0 Å². The number of methoxy groups -OCH3 is 1. The van der Waals surface area contributed by atoms with Gasteiger partial charge in [-0.15, -0.1) is 0 Å². The predicted molar refractivity (Wildman–Crippen MR) is 235 cm³/mol. The summed E-state index contributed by atoms with van der Waals surface area (Å²) in [6, 6.07) is 18.6. The molecular weight excluding hydrogens is 867 g/mol. The van der Waals surface area contributed by atoms with Crippen molar-refractivity contribution in [2.75, 3.05) is 49.6 Å². The first-order valence-corrected chi connectivity index (χ1v) is 20.9. The van der Waals surface area contributed by atoms with Gasteiger partial charge in [-0.3, -0.25) is 14.4 Å². The topological polar surface area (TPSA) is 169 Å². The third-order valence-electron chi connectivity index (χ3n) is 10.2. The molecule has 0 bridgehead atoms. The van der Waals surface area contributed by atoms with Gasteiger partial charge >= 0.3 is 18.2 Å². The summed E-state index contributed by atoms with van der Waals surface area (Å²) in [6.45, 7) is 10.5. The highest BCUT2D eigenvalue weighted by atomic mass is 19.1. The highest BCUT2D eigenvalue weighted by Crippen LogP contribution is 2.29. The third-order valence-corrected chi connectivity index (χ3v) is 10.2. The Bertz CT molecular complexity index is 2290. The molecule has 2 fully saturated rings. The van der Waals surface area contributed by atoms with Gasteiger partial charge in [-0.2, -0.15) is 0 Å². The van der Waals surface area contributed by atoms with Crippen LogP contribution in [0.5, 0.6) is 0 Å². The molecule has 2 N–H and O–H groups in total. The van der Waals surface area contributed by atoms with Crippen LogP contribution in [0.15, 0.2) is 84.9 Å². The van der Waals surface area contributed by atoms with Crippen molar-refractivity contribution < 1.29 is 60.5 Å². The van der Waals surface area contributed by atoms with Gasteiger partial charge in [0.1, 0.15) is 34.5 Å². The summed E-state index contributed by atoms with van der Waals surface area (Å²) >= 11 is 0. The van der Waals surface area contributed by atoms with Crippen LogP contribution in [0.2, 0.25) is 0 Å². The number of amides is 4. The molecule has 0 radical (unpaired) electrons. The van der Waals surface area contributed by atoms with Gasteiger partial charge < -0.3 is 39.5 Å². The molecule has 0 spiro atoms. The summed E-state index contributed by atoms with van der Waals surface area (Å²) in [6.07, 6.45) is -1.04. The molecule has 14 nitrogen and oxygen atoms in total. The van der Waals surface area contributed by atoms with Crippen LogP contribution in [0, 0.1) is 35.1 Å². The molecule has 6 rings (SSSR count). The minimum absolute atomic E-state index is 0.0365. The van der Waals surface area contributed by atoms with Crippen LogP contribution in [0.1, 0.15) is 73.4 Å². The summed E-state index contributed by atoms with van der Waals surface area (Å²) in [5.74, 6) is -5.39. The Morgan fingerprint density at radius 1 is 0.606 bits per heavy atom. The largest absolute Gasteiger partial charge is 0.465 e. The first-order chi connectivity index (χ1) is 31.0. The molecular formula is C48H53F4N5O9. The van der Waals surface area contributed by atoms with Crippen molar-refractivity contribution in [1.82, 2.24) is 9.80 Å². The van der Waals surface area contributed by atoms with Crippen LogP contribution < -0.4 is 15.5 Å². The maximum atomic E-state index is 14.7. The minimum Gasteiger partial charge on any atom is -0.465 e. The van der Waals surface area contributed by atoms with E-state index in [0.29, 0.717) is 0 Å². The number of carbonyl (C=O) groups is 6. The van der Waals surface area contributed by atoms with Gasteiger partial charge in [0.25, 0.3) is 0 Å². The first-order valence-electron chi connectivity index (χ1n) is 20.9. The molecule has 0 aromatic heterocycles. The monoisotopic (exact) mass is 919 g/mol. The van der Waals surface area contributed by atoms with Crippen LogP contribution >= 0.6 is 0 Å². The molecule has 0 aliphatic carbocycles. The third kappa shape index (κ3) is 13.1. The van der Waals surface area contributed by atoms with Crippen molar-refractivity contribution in [3.05, 3.63) is 130 Å². The van der Waals surface area contributed by atoms with Crippen molar-refractivity contribution in [3.63, 3.8) is 0 Å². The molecule has 0 unspecified atom stereocenters. The van der Waals surface area contributed by atoms with E-state index in [9.17, 15) is 46.3 Å². The van der Waals surface area contributed by atoms with Crippen LogP contribution in [0.4, 0.5) is 38.5 Å². The Hall–Kier alpha value is -6.82. The standard InChI is InChI=1S/C24H27F2N3O4.C24H26F2N2O5/c1-24(2,3)33-23(32)28-12-17(13-28)22(31)29(19-6-4-5-18(25)10-19)14-16-8-7-15(9-20(16)26)21(30)11-27;1-24(2,3)33-23(31)27-12-17(13-27)21(29)28(19-7-5-6-18(25)11-19)14-16-9-8-15(10-20(16)26)22(30)32-4/h4-10,17H,11-14,27H2,1-3H3;5-11,17H,12-14H2,1-4H3. The predicted octanol–water partition coefficient (Wildman–Crippen LogP) is 7.66. The van der Waals surface area contributed by atoms with Crippen LogP contribution in [0.25, 0.3) is 0 Å². The van der Waals surface area contributed by atoms with E-state index in [1.807, 2.05) is 0 Å². The average molecular weight is 920 g/mol.